The Hall–Kier alpha value is -1.80. The maximum Gasteiger partial charge on any atom is 0.119 e. The van der Waals surface area contributed by atoms with Crippen molar-refractivity contribution in [1.29, 1.82) is 0 Å². The quantitative estimate of drug-likeness (QED) is 0.888. The van der Waals surface area contributed by atoms with Gasteiger partial charge in [0.15, 0.2) is 0 Å². The molecule has 0 aliphatic carbocycles. The highest BCUT2D eigenvalue weighted by Gasteiger charge is 2.01. The summed E-state index contributed by atoms with van der Waals surface area (Å²) in [7, 11) is 0. The molecule has 2 heteroatoms. The van der Waals surface area contributed by atoms with Crippen molar-refractivity contribution in [3.05, 3.63) is 64.7 Å². The van der Waals surface area contributed by atoms with Crippen LogP contribution in [0.15, 0.2) is 42.5 Å². The number of hydrogen-bond acceptors (Lipinski definition) is 2. The zero-order chi connectivity index (χ0) is 13.7. The van der Waals surface area contributed by atoms with Crippen LogP contribution < -0.4 is 4.74 Å². The van der Waals surface area contributed by atoms with Crippen LogP contribution in [-0.4, -0.2) is 11.7 Å². The van der Waals surface area contributed by atoms with Gasteiger partial charge in [-0.05, 0) is 49.1 Å². The van der Waals surface area contributed by atoms with E-state index in [-0.39, 0.29) is 6.61 Å². The molecule has 0 aromatic heterocycles. The van der Waals surface area contributed by atoms with Crippen LogP contribution in [0.5, 0.6) is 5.75 Å². The van der Waals surface area contributed by atoms with Gasteiger partial charge in [0.1, 0.15) is 12.4 Å². The normalized spacial score (nSPS) is 10.5. The lowest BCUT2D eigenvalue weighted by atomic mass is 10.1. The predicted octanol–water partition coefficient (Wildman–Crippen LogP) is 3.42. The van der Waals surface area contributed by atoms with Crippen LogP contribution in [-0.2, 0) is 13.0 Å². The van der Waals surface area contributed by atoms with Crippen LogP contribution in [0.25, 0.3) is 0 Å². The molecule has 0 heterocycles. The molecule has 0 saturated carbocycles. The Morgan fingerprint density at radius 3 is 2.42 bits per heavy atom. The molecule has 0 atom stereocenters. The third-order valence-corrected chi connectivity index (χ3v) is 3.22. The Morgan fingerprint density at radius 2 is 1.74 bits per heavy atom. The van der Waals surface area contributed by atoms with Gasteiger partial charge < -0.3 is 9.84 Å². The van der Waals surface area contributed by atoms with Gasteiger partial charge in [-0.25, -0.2) is 0 Å². The zero-order valence-corrected chi connectivity index (χ0v) is 11.5. The second kappa shape index (κ2) is 6.39. The van der Waals surface area contributed by atoms with Crippen molar-refractivity contribution in [3.63, 3.8) is 0 Å². The molecule has 0 fully saturated rings. The Kier molecular flexibility index (Phi) is 4.58. The summed E-state index contributed by atoms with van der Waals surface area (Å²) in [5.41, 5.74) is 4.85. The van der Waals surface area contributed by atoms with E-state index in [2.05, 4.69) is 32.0 Å². The molecule has 2 aromatic rings. The lowest BCUT2D eigenvalue weighted by Gasteiger charge is -2.10. The molecule has 0 aliphatic heterocycles. The van der Waals surface area contributed by atoms with Crippen molar-refractivity contribution in [2.45, 2.75) is 26.9 Å². The first kappa shape index (κ1) is 13.6. The highest BCUT2D eigenvalue weighted by Crippen LogP contribution is 2.17. The molecular weight excluding hydrogens is 236 g/mol. The highest BCUT2D eigenvalue weighted by molar-refractivity contribution is 5.31. The van der Waals surface area contributed by atoms with Crippen molar-refractivity contribution in [2.24, 2.45) is 0 Å². The Balaban J connectivity index is 2.00. The number of rotatable bonds is 5. The van der Waals surface area contributed by atoms with Crippen LogP contribution in [0.2, 0.25) is 0 Å². The van der Waals surface area contributed by atoms with E-state index in [1.165, 1.54) is 16.7 Å². The lowest BCUT2D eigenvalue weighted by Crippen LogP contribution is -1.99. The summed E-state index contributed by atoms with van der Waals surface area (Å²) < 4.78 is 5.80. The van der Waals surface area contributed by atoms with Crippen LogP contribution in [0.1, 0.15) is 22.3 Å². The molecular formula is C17H20O2. The first-order valence-electron chi connectivity index (χ1n) is 6.58. The van der Waals surface area contributed by atoms with Crippen molar-refractivity contribution >= 4 is 0 Å². The summed E-state index contributed by atoms with van der Waals surface area (Å²) in [6.07, 6.45) is 0.692. The molecule has 2 nitrogen and oxygen atoms in total. The van der Waals surface area contributed by atoms with Crippen molar-refractivity contribution < 1.29 is 9.84 Å². The average molecular weight is 256 g/mol. The molecule has 19 heavy (non-hydrogen) atoms. The monoisotopic (exact) mass is 256 g/mol. The first-order valence-corrected chi connectivity index (χ1v) is 6.58. The third-order valence-electron chi connectivity index (χ3n) is 3.22. The Labute approximate surface area is 114 Å². The van der Waals surface area contributed by atoms with Gasteiger partial charge in [-0.15, -0.1) is 0 Å². The van der Waals surface area contributed by atoms with Crippen molar-refractivity contribution in [1.82, 2.24) is 0 Å². The largest absolute Gasteiger partial charge is 0.489 e. The predicted molar refractivity (Wildman–Crippen MR) is 77.5 cm³/mol. The van der Waals surface area contributed by atoms with Gasteiger partial charge in [0, 0.05) is 6.61 Å². The van der Waals surface area contributed by atoms with E-state index in [0.29, 0.717) is 13.0 Å². The van der Waals surface area contributed by atoms with E-state index in [1.807, 2.05) is 24.3 Å². The van der Waals surface area contributed by atoms with Gasteiger partial charge in [-0.3, -0.25) is 0 Å². The number of hydrogen-bond donors (Lipinski definition) is 1. The maximum absolute atomic E-state index is 8.87. The second-order valence-corrected chi connectivity index (χ2v) is 4.84. The van der Waals surface area contributed by atoms with E-state index in [0.717, 1.165) is 11.3 Å². The topological polar surface area (TPSA) is 29.5 Å². The van der Waals surface area contributed by atoms with Crippen LogP contribution >= 0.6 is 0 Å². The first-order chi connectivity index (χ1) is 9.19. The Morgan fingerprint density at radius 1 is 1.00 bits per heavy atom. The average Bonchev–Trinajstić information content (AvgIpc) is 2.42. The summed E-state index contributed by atoms with van der Waals surface area (Å²) >= 11 is 0. The molecule has 0 radical (unpaired) electrons. The third kappa shape index (κ3) is 3.83. The molecule has 0 aliphatic rings. The van der Waals surface area contributed by atoms with Crippen molar-refractivity contribution in [3.8, 4) is 5.75 Å². The number of ether oxygens (including phenoxy) is 1. The SMILES string of the molecule is Cc1ccc(C)c(COc2ccc(CCO)cc2)c1. The summed E-state index contributed by atoms with van der Waals surface area (Å²) in [5, 5.41) is 8.87. The van der Waals surface area contributed by atoms with Gasteiger partial charge in [0.25, 0.3) is 0 Å². The fourth-order valence-corrected chi connectivity index (χ4v) is 2.00. The fraction of sp³-hybridized carbons (Fsp3) is 0.294. The lowest BCUT2D eigenvalue weighted by molar-refractivity contribution is 0.298. The summed E-state index contributed by atoms with van der Waals surface area (Å²) in [6, 6.07) is 14.3. The van der Waals surface area contributed by atoms with Crippen LogP contribution in [0.3, 0.4) is 0 Å². The fourth-order valence-electron chi connectivity index (χ4n) is 2.00. The number of benzene rings is 2. The smallest absolute Gasteiger partial charge is 0.119 e. The highest BCUT2D eigenvalue weighted by atomic mass is 16.5. The van der Waals surface area contributed by atoms with E-state index >= 15 is 0 Å². The summed E-state index contributed by atoms with van der Waals surface area (Å²) in [5.74, 6) is 0.864. The Bertz CT molecular complexity index is 529. The standard InChI is InChI=1S/C17H20O2/c1-13-3-4-14(2)16(11-13)12-19-17-7-5-15(6-8-17)9-10-18/h3-8,11,18H,9-10,12H2,1-2H3. The van der Waals surface area contributed by atoms with E-state index < -0.39 is 0 Å². The second-order valence-electron chi connectivity index (χ2n) is 4.84. The minimum atomic E-state index is 0.183. The van der Waals surface area contributed by atoms with Gasteiger partial charge in [-0.1, -0.05) is 35.9 Å². The van der Waals surface area contributed by atoms with E-state index in [9.17, 15) is 0 Å². The van der Waals surface area contributed by atoms with Crippen LogP contribution in [0, 0.1) is 13.8 Å². The minimum Gasteiger partial charge on any atom is -0.489 e. The van der Waals surface area contributed by atoms with Crippen LogP contribution in [0.4, 0.5) is 0 Å². The van der Waals surface area contributed by atoms with Crippen molar-refractivity contribution in [2.75, 3.05) is 6.61 Å². The van der Waals surface area contributed by atoms with Gasteiger partial charge >= 0.3 is 0 Å². The zero-order valence-electron chi connectivity index (χ0n) is 11.5. The van der Waals surface area contributed by atoms with E-state index in [1.54, 1.807) is 0 Å². The molecule has 100 valence electrons. The molecule has 0 spiro atoms. The molecule has 2 rings (SSSR count). The molecule has 1 N–H and O–H groups in total. The van der Waals surface area contributed by atoms with Gasteiger partial charge in [-0.2, -0.15) is 0 Å². The molecule has 0 bridgehead atoms. The van der Waals surface area contributed by atoms with Gasteiger partial charge in [0.05, 0.1) is 0 Å². The number of aryl methyl sites for hydroxylation is 2. The molecule has 0 amide bonds. The number of aliphatic hydroxyl groups excluding tert-OH is 1. The van der Waals surface area contributed by atoms with Gasteiger partial charge in [0.2, 0.25) is 0 Å². The summed E-state index contributed by atoms with van der Waals surface area (Å²) in [4.78, 5) is 0. The number of aliphatic hydroxyl groups is 1. The van der Waals surface area contributed by atoms with E-state index in [4.69, 9.17) is 9.84 Å². The maximum atomic E-state index is 8.87. The molecule has 2 aromatic carbocycles. The molecule has 0 unspecified atom stereocenters. The molecule has 0 saturated heterocycles. The summed E-state index contributed by atoms with van der Waals surface area (Å²) in [6.45, 7) is 4.96. The minimum absolute atomic E-state index is 0.183.